The van der Waals surface area contributed by atoms with Gasteiger partial charge in [0.1, 0.15) is 0 Å². The Morgan fingerprint density at radius 1 is 1.48 bits per heavy atom. The molecule has 1 amide bonds. The zero-order chi connectivity index (χ0) is 15.2. The summed E-state index contributed by atoms with van der Waals surface area (Å²) >= 11 is 0. The Balaban J connectivity index is 2.18. The predicted molar refractivity (Wildman–Crippen MR) is 73.0 cm³/mol. The SMILES string of the molecule is COc1cccc(C(=O)NC2CCCNC2)c1OC(F)F. The Kier molecular flexibility index (Phi) is 5.32. The second-order valence-corrected chi connectivity index (χ2v) is 4.73. The number of ether oxygens (including phenoxy) is 2. The number of carbonyl (C=O) groups is 1. The minimum Gasteiger partial charge on any atom is -0.493 e. The van der Waals surface area contributed by atoms with E-state index in [2.05, 4.69) is 15.4 Å². The molecule has 2 rings (SSSR count). The van der Waals surface area contributed by atoms with Crippen molar-refractivity contribution in [3.8, 4) is 11.5 Å². The van der Waals surface area contributed by atoms with Gasteiger partial charge in [0, 0.05) is 12.6 Å². The summed E-state index contributed by atoms with van der Waals surface area (Å²) < 4.78 is 34.5. The van der Waals surface area contributed by atoms with E-state index in [0.717, 1.165) is 19.4 Å². The van der Waals surface area contributed by atoms with Crippen LogP contribution in [0.25, 0.3) is 0 Å². The third kappa shape index (κ3) is 4.04. The highest BCUT2D eigenvalue weighted by Gasteiger charge is 2.22. The fraction of sp³-hybridized carbons (Fsp3) is 0.500. The summed E-state index contributed by atoms with van der Waals surface area (Å²) in [6.45, 7) is -1.43. The van der Waals surface area contributed by atoms with E-state index in [0.29, 0.717) is 6.54 Å². The highest BCUT2D eigenvalue weighted by molar-refractivity contribution is 5.98. The van der Waals surface area contributed by atoms with Gasteiger partial charge in [0.2, 0.25) is 0 Å². The van der Waals surface area contributed by atoms with E-state index in [-0.39, 0.29) is 23.1 Å². The average molecular weight is 300 g/mol. The number of para-hydroxylation sites is 1. The van der Waals surface area contributed by atoms with Crippen molar-refractivity contribution in [1.82, 2.24) is 10.6 Å². The quantitative estimate of drug-likeness (QED) is 0.870. The molecule has 7 heteroatoms. The lowest BCUT2D eigenvalue weighted by Crippen LogP contribution is -2.45. The van der Waals surface area contributed by atoms with Crippen LogP contribution in [0.15, 0.2) is 18.2 Å². The molecule has 1 unspecified atom stereocenters. The molecule has 0 bridgehead atoms. The van der Waals surface area contributed by atoms with Gasteiger partial charge in [0.25, 0.3) is 5.91 Å². The zero-order valence-corrected chi connectivity index (χ0v) is 11.7. The van der Waals surface area contributed by atoms with Crippen LogP contribution >= 0.6 is 0 Å². The Hall–Kier alpha value is -1.89. The number of nitrogens with one attached hydrogen (secondary N) is 2. The zero-order valence-electron chi connectivity index (χ0n) is 11.7. The molecule has 1 aromatic carbocycles. The summed E-state index contributed by atoms with van der Waals surface area (Å²) in [5.74, 6) is -0.584. The van der Waals surface area contributed by atoms with Crippen molar-refractivity contribution in [2.24, 2.45) is 0 Å². The third-order valence-electron chi connectivity index (χ3n) is 3.28. The van der Waals surface area contributed by atoms with Gasteiger partial charge < -0.3 is 20.1 Å². The van der Waals surface area contributed by atoms with E-state index in [1.54, 1.807) is 6.07 Å². The monoisotopic (exact) mass is 300 g/mol. The topological polar surface area (TPSA) is 59.6 Å². The van der Waals surface area contributed by atoms with Gasteiger partial charge in [0.15, 0.2) is 11.5 Å². The second-order valence-electron chi connectivity index (χ2n) is 4.73. The summed E-state index contributed by atoms with van der Waals surface area (Å²) in [6.07, 6.45) is 1.82. The molecule has 1 aromatic rings. The van der Waals surface area contributed by atoms with Gasteiger partial charge in [-0.15, -0.1) is 0 Å². The lowest BCUT2D eigenvalue weighted by Gasteiger charge is -2.24. The van der Waals surface area contributed by atoms with Gasteiger partial charge in [-0.1, -0.05) is 6.07 Å². The van der Waals surface area contributed by atoms with E-state index in [1.165, 1.54) is 19.2 Å². The highest BCUT2D eigenvalue weighted by Crippen LogP contribution is 2.32. The van der Waals surface area contributed by atoms with Gasteiger partial charge in [-0.25, -0.2) is 0 Å². The Morgan fingerprint density at radius 3 is 2.90 bits per heavy atom. The number of benzene rings is 1. The van der Waals surface area contributed by atoms with Gasteiger partial charge in [0.05, 0.1) is 12.7 Å². The summed E-state index contributed by atoms with van der Waals surface area (Å²) in [4.78, 5) is 12.3. The molecule has 0 aromatic heterocycles. The van der Waals surface area contributed by atoms with E-state index < -0.39 is 12.5 Å². The van der Waals surface area contributed by atoms with Gasteiger partial charge in [-0.2, -0.15) is 8.78 Å². The molecule has 1 heterocycles. The normalized spacial score (nSPS) is 18.4. The first-order valence-corrected chi connectivity index (χ1v) is 6.75. The van der Waals surface area contributed by atoms with Crippen molar-refractivity contribution in [2.75, 3.05) is 20.2 Å². The number of alkyl halides is 2. The van der Waals surface area contributed by atoms with Crippen LogP contribution in [0.4, 0.5) is 8.78 Å². The lowest BCUT2D eigenvalue weighted by molar-refractivity contribution is -0.0515. The molecule has 1 aliphatic heterocycles. The van der Waals surface area contributed by atoms with E-state index in [4.69, 9.17) is 4.74 Å². The number of hydrogen-bond acceptors (Lipinski definition) is 4. The smallest absolute Gasteiger partial charge is 0.387 e. The number of methoxy groups -OCH3 is 1. The van der Waals surface area contributed by atoms with Crippen LogP contribution < -0.4 is 20.1 Å². The standard InChI is InChI=1S/C14H18F2N2O3/c1-20-11-6-2-5-10(12(11)21-14(15)16)13(19)18-9-4-3-7-17-8-9/h2,5-6,9,14,17H,3-4,7-8H2,1H3,(H,18,19). The Bertz CT molecular complexity index is 491. The molecule has 1 aliphatic rings. The molecule has 0 saturated carbocycles. The van der Waals surface area contributed by atoms with Gasteiger partial charge >= 0.3 is 6.61 Å². The van der Waals surface area contributed by atoms with Crippen LogP contribution in [0.3, 0.4) is 0 Å². The maximum atomic E-state index is 12.5. The molecule has 0 radical (unpaired) electrons. The van der Waals surface area contributed by atoms with Crippen LogP contribution in [0, 0.1) is 0 Å². The van der Waals surface area contributed by atoms with E-state index in [9.17, 15) is 13.6 Å². The molecule has 1 saturated heterocycles. The minimum absolute atomic E-state index is 0.0168. The number of carbonyl (C=O) groups excluding carboxylic acids is 1. The molecule has 5 nitrogen and oxygen atoms in total. The largest absolute Gasteiger partial charge is 0.493 e. The average Bonchev–Trinajstić information content (AvgIpc) is 2.47. The first-order valence-electron chi connectivity index (χ1n) is 6.75. The van der Waals surface area contributed by atoms with Gasteiger partial charge in [-0.3, -0.25) is 4.79 Å². The van der Waals surface area contributed by atoms with Crippen LogP contribution in [-0.4, -0.2) is 38.8 Å². The number of piperidine rings is 1. The van der Waals surface area contributed by atoms with E-state index in [1.807, 2.05) is 0 Å². The maximum Gasteiger partial charge on any atom is 0.387 e. The van der Waals surface area contributed by atoms with E-state index >= 15 is 0 Å². The fourth-order valence-corrected chi connectivity index (χ4v) is 2.30. The van der Waals surface area contributed by atoms with Crippen LogP contribution in [0.5, 0.6) is 11.5 Å². The molecule has 0 spiro atoms. The number of amides is 1. The molecule has 0 aliphatic carbocycles. The third-order valence-corrected chi connectivity index (χ3v) is 3.28. The first-order chi connectivity index (χ1) is 10.1. The van der Waals surface area contributed by atoms with Crippen LogP contribution in [0.2, 0.25) is 0 Å². The van der Waals surface area contributed by atoms with Crippen molar-refractivity contribution in [2.45, 2.75) is 25.5 Å². The Labute approximate surface area is 121 Å². The molecule has 1 atom stereocenters. The lowest BCUT2D eigenvalue weighted by atomic mass is 10.1. The van der Waals surface area contributed by atoms with Crippen molar-refractivity contribution in [1.29, 1.82) is 0 Å². The molecule has 1 fully saturated rings. The molecular formula is C14H18F2N2O3. The van der Waals surface area contributed by atoms with Crippen molar-refractivity contribution in [3.05, 3.63) is 23.8 Å². The van der Waals surface area contributed by atoms with Gasteiger partial charge in [-0.05, 0) is 31.5 Å². The highest BCUT2D eigenvalue weighted by atomic mass is 19.3. The number of rotatable bonds is 5. The van der Waals surface area contributed by atoms with Crippen LogP contribution in [-0.2, 0) is 0 Å². The van der Waals surface area contributed by atoms with Crippen LogP contribution in [0.1, 0.15) is 23.2 Å². The summed E-state index contributed by atoms with van der Waals surface area (Å²) in [6, 6.07) is 4.45. The minimum atomic E-state index is -3.02. The Morgan fingerprint density at radius 2 is 2.29 bits per heavy atom. The second kappa shape index (κ2) is 7.21. The van der Waals surface area contributed by atoms with Crippen molar-refractivity contribution in [3.63, 3.8) is 0 Å². The summed E-state index contributed by atoms with van der Waals surface area (Å²) in [5.41, 5.74) is 0.0419. The first kappa shape index (κ1) is 15.5. The number of halogens is 2. The van der Waals surface area contributed by atoms with Crippen molar-refractivity contribution >= 4 is 5.91 Å². The molecule has 2 N–H and O–H groups in total. The summed E-state index contributed by atoms with van der Waals surface area (Å²) in [5, 5.41) is 5.99. The molecular weight excluding hydrogens is 282 g/mol. The van der Waals surface area contributed by atoms with Crippen molar-refractivity contribution < 1.29 is 23.0 Å². The summed E-state index contributed by atoms with van der Waals surface area (Å²) in [7, 11) is 1.33. The fourth-order valence-electron chi connectivity index (χ4n) is 2.30. The predicted octanol–water partition coefficient (Wildman–Crippen LogP) is 1.78. The maximum absolute atomic E-state index is 12.5. The molecule has 21 heavy (non-hydrogen) atoms. The number of hydrogen-bond donors (Lipinski definition) is 2. The molecule has 116 valence electrons.